The minimum absolute atomic E-state index is 0.0116. The molecule has 0 saturated heterocycles. The van der Waals surface area contributed by atoms with Crippen LogP contribution in [0.1, 0.15) is 5.56 Å². The van der Waals surface area contributed by atoms with Crippen LogP contribution in [0.3, 0.4) is 0 Å². The number of benzene rings is 1. The van der Waals surface area contributed by atoms with E-state index in [9.17, 15) is 15.2 Å². The zero-order valence-electron chi connectivity index (χ0n) is 7.27. The van der Waals surface area contributed by atoms with Crippen LogP contribution in [0, 0.1) is 17.0 Å². The normalized spacial score (nSPS) is 9.69. The van der Waals surface area contributed by atoms with E-state index in [1.54, 1.807) is 6.92 Å². The Morgan fingerprint density at radius 2 is 2.15 bits per heavy atom. The number of nitro benzene ring substituents is 1. The number of rotatable bonds is 2. The van der Waals surface area contributed by atoms with Gasteiger partial charge in [-0.1, -0.05) is 0 Å². The molecule has 0 heterocycles. The molecule has 0 saturated carbocycles. The third-order valence-electron chi connectivity index (χ3n) is 1.76. The van der Waals surface area contributed by atoms with Gasteiger partial charge in [0.2, 0.25) is 5.75 Å². The Hall–Kier alpha value is -1.78. The minimum atomic E-state index is -0.550. The summed E-state index contributed by atoms with van der Waals surface area (Å²) in [4.78, 5) is 9.94. The first-order valence-corrected chi connectivity index (χ1v) is 3.59. The topological polar surface area (TPSA) is 72.6 Å². The van der Waals surface area contributed by atoms with Crippen molar-refractivity contribution in [3.05, 3.63) is 27.8 Å². The van der Waals surface area contributed by atoms with Crippen LogP contribution in [-0.4, -0.2) is 17.1 Å². The Morgan fingerprint density at radius 3 is 2.62 bits per heavy atom. The van der Waals surface area contributed by atoms with Gasteiger partial charge in [-0.2, -0.15) is 0 Å². The lowest BCUT2D eigenvalue weighted by Gasteiger charge is -2.05. The molecule has 0 aliphatic carbocycles. The van der Waals surface area contributed by atoms with Crippen LogP contribution in [0.4, 0.5) is 5.69 Å². The highest BCUT2D eigenvalue weighted by Gasteiger charge is 2.18. The molecule has 70 valence electrons. The van der Waals surface area contributed by atoms with Gasteiger partial charge in [-0.25, -0.2) is 0 Å². The molecule has 0 bridgehead atoms. The molecule has 1 aromatic carbocycles. The summed E-state index contributed by atoms with van der Waals surface area (Å²) < 4.78 is 4.82. The van der Waals surface area contributed by atoms with Crippen LogP contribution in [0.2, 0.25) is 0 Å². The third-order valence-corrected chi connectivity index (χ3v) is 1.76. The van der Waals surface area contributed by atoms with E-state index in [0.29, 0.717) is 5.56 Å². The number of nitrogens with zero attached hydrogens (tertiary/aromatic N) is 1. The molecule has 1 rings (SSSR count). The van der Waals surface area contributed by atoms with E-state index in [1.165, 1.54) is 19.2 Å². The van der Waals surface area contributed by atoms with Crippen LogP contribution in [0.25, 0.3) is 0 Å². The molecule has 0 unspecified atom stereocenters. The molecule has 0 aliphatic rings. The van der Waals surface area contributed by atoms with E-state index >= 15 is 0 Å². The Bertz CT molecular complexity index is 348. The van der Waals surface area contributed by atoms with Crippen molar-refractivity contribution in [2.75, 3.05) is 7.11 Å². The van der Waals surface area contributed by atoms with Gasteiger partial charge in [0.05, 0.1) is 12.0 Å². The smallest absolute Gasteiger partial charge is 0.311 e. The lowest BCUT2D eigenvalue weighted by Crippen LogP contribution is -1.95. The first-order valence-electron chi connectivity index (χ1n) is 3.59. The molecule has 0 atom stereocenters. The van der Waals surface area contributed by atoms with Crippen molar-refractivity contribution < 1.29 is 14.8 Å². The number of aromatic hydroxyl groups is 1. The number of ether oxygens (including phenoxy) is 1. The Kier molecular flexibility index (Phi) is 2.36. The first-order chi connectivity index (χ1) is 6.07. The average molecular weight is 183 g/mol. The molecule has 5 nitrogen and oxygen atoms in total. The van der Waals surface area contributed by atoms with Crippen LogP contribution < -0.4 is 4.74 Å². The quantitative estimate of drug-likeness (QED) is 0.558. The van der Waals surface area contributed by atoms with Crippen molar-refractivity contribution in [2.24, 2.45) is 0 Å². The lowest BCUT2D eigenvalue weighted by molar-refractivity contribution is -0.385. The molecule has 1 aromatic rings. The highest BCUT2D eigenvalue weighted by Crippen LogP contribution is 2.35. The summed E-state index contributed by atoms with van der Waals surface area (Å²) in [6.07, 6.45) is 0. The van der Waals surface area contributed by atoms with Gasteiger partial charge in [-0.3, -0.25) is 10.1 Å². The molecule has 0 aliphatic heterocycles. The molecule has 0 fully saturated rings. The Balaban J connectivity index is 3.38. The number of nitro groups is 1. The summed E-state index contributed by atoms with van der Waals surface area (Å²) >= 11 is 0. The number of hydrogen-bond donors (Lipinski definition) is 1. The van der Waals surface area contributed by atoms with E-state index < -0.39 is 4.92 Å². The Labute approximate surface area is 74.7 Å². The molecule has 5 heteroatoms. The molecule has 1 N–H and O–H groups in total. The first kappa shape index (κ1) is 9.31. The van der Waals surface area contributed by atoms with Crippen molar-refractivity contribution in [2.45, 2.75) is 6.92 Å². The zero-order valence-corrected chi connectivity index (χ0v) is 7.27. The number of methoxy groups -OCH3 is 1. The van der Waals surface area contributed by atoms with Gasteiger partial charge in [0, 0.05) is 11.6 Å². The largest absolute Gasteiger partial charge is 0.508 e. The fourth-order valence-corrected chi connectivity index (χ4v) is 1.07. The fourth-order valence-electron chi connectivity index (χ4n) is 1.07. The zero-order chi connectivity index (χ0) is 10.0. The van der Waals surface area contributed by atoms with Crippen molar-refractivity contribution >= 4 is 5.69 Å². The maximum atomic E-state index is 10.5. The molecule has 0 aromatic heterocycles. The van der Waals surface area contributed by atoms with Gasteiger partial charge in [0.15, 0.2) is 0 Å². The van der Waals surface area contributed by atoms with Gasteiger partial charge in [-0.15, -0.1) is 0 Å². The van der Waals surface area contributed by atoms with Crippen molar-refractivity contribution in [3.8, 4) is 11.5 Å². The maximum absolute atomic E-state index is 10.5. The maximum Gasteiger partial charge on any atom is 0.311 e. The summed E-state index contributed by atoms with van der Waals surface area (Å²) in [5.74, 6) is 0.0902. The second kappa shape index (κ2) is 3.30. The van der Waals surface area contributed by atoms with Crippen LogP contribution in [0.5, 0.6) is 11.5 Å². The molecule has 0 amide bonds. The summed E-state index contributed by atoms with van der Waals surface area (Å²) in [6.45, 7) is 1.56. The van der Waals surface area contributed by atoms with Crippen LogP contribution in [-0.2, 0) is 0 Å². The monoisotopic (exact) mass is 183 g/mol. The summed E-state index contributed by atoms with van der Waals surface area (Å²) in [6, 6.07) is 2.48. The highest BCUT2D eigenvalue weighted by atomic mass is 16.6. The summed E-state index contributed by atoms with van der Waals surface area (Å²) in [7, 11) is 1.33. The molecule has 13 heavy (non-hydrogen) atoms. The van der Waals surface area contributed by atoms with Crippen LogP contribution >= 0.6 is 0 Å². The van der Waals surface area contributed by atoms with E-state index in [2.05, 4.69) is 0 Å². The van der Waals surface area contributed by atoms with E-state index in [4.69, 9.17) is 4.74 Å². The third kappa shape index (κ3) is 1.53. The average Bonchev–Trinajstić information content (AvgIpc) is 2.09. The van der Waals surface area contributed by atoms with Crippen molar-refractivity contribution in [1.29, 1.82) is 0 Å². The van der Waals surface area contributed by atoms with Gasteiger partial charge in [0.1, 0.15) is 5.75 Å². The predicted octanol–water partition coefficient (Wildman–Crippen LogP) is 1.62. The number of phenols is 1. The van der Waals surface area contributed by atoms with Crippen molar-refractivity contribution in [3.63, 3.8) is 0 Å². The van der Waals surface area contributed by atoms with E-state index in [0.717, 1.165) is 0 Å². The standard InChI is InChI=1S/C8H9NO4/c1-5-7(10)4-3-6(9(11)12)8(5)13-2/h3-4,10H,1-2H3. The minimum Gasteiger partial charge on any atom is -0.508 e. The summed E-state index contributed by atoms with van der Waals surface area (Å²) in [5, 5.41) is 19.7. The molecule has 0 radical (unpaired) electrons. The van der Waals surface area contributed by atoms with Gasteiger partial charge >= 0.3 is 5.69 Å². The fraction of sp³-hybridized carbons (Fsp3) is 0.250. The summed E-state index contributed by atoms with van der Waals surface area (Å²) in [5.41, 5.74) is 0.231. The molecule has 0 spiro atoms. The SMILES string of the molecule is COc1c([N+](=O)[O-])ccc(O)c1C. The highest BCUT2D eigenvalue weighted by molar-refractivity contribution is 5.56. The number of hydrogen-bond acceptors (Lipinski definition) is 4. The number of phenolic OH excluding ortho intramolecular Hbond substituents is 1. The van der Waals surface area contributed by atoms with E-state index in [1.807, 2.05) is 0 Å². The predicted molar refractivity (Wildman–Crippen MR) is 46.1 cm³/mol. The second-order valence-corrected chi connectivity index (χ2v) is 2.52. The second-order valence-electron chi connectivity index (χ2n) is 2.52. The van der Waals surface area contributed by atoms with Gasteiger partial charge < -0.3 is 9.84 Å². The van der Waals surface area contributed by atoms with Crippen molar-refractivity contribution in [1.82, 2.24) is 0 Å². The van der Waals surface area contributed by atoms with E-state index in [-0.39, 0.29) is 17.2 Å². The molecular formula is C8H9NO4. The van der Waals surface area contributed by atoms with Crippen LogP contribution in [0.15, 0.2) is 12.1 Å². The lowest BCUT2D eigenvalue weighted by atomic mass is 10.2. The van der Waals surface area contributed by atoms with Gasteiger partial charge in [-0.05, 0) is 13.0 Å². The Morgan fingerprint density at radius 1 is 1.54 bits per heavy atom. The van der Waals surface area contributed by atoms with Gasteiger partial charge in [0.25, 0.3) is 0 Å². The molecular weight excluding hydrogens is 174 g/mol.